The maximum atomic E-state index is 11.3. The van der Waals surface area contributed by atoms with Crippen LogP contribution in [0.2, 0.25) is 0 Å². The van der Waals surface area contributed by atoms with Crippen molar-refractivity contribution < 1.29 is 13.2 Å². The van der Waals surface area contributed by atoms with Crippen molar-refractivity contribution in [1.29, 1.82) is 0 Å². The number of hydrogen-bond donors (Lipinski definition) is 3. The zero-order valence-corrected chi connectivity index (χ0v) is 12.8. The first-order valence-corrected chi connectivity index (χ1v) is 8.07. The molecule has 1 aromatic rings. The molecule has 0 aliphatic carbocycles. The monoisotopic (exact) mass is 299 g/mol. The molecule has 4 N–H and O–H groups in total. The minimum atomic E-state index is -3.26. The van der Waals surface area contributed by atoms with Gasteiger partial charge in [-0.15, -0.1) is 0 Å². The van der Waals surface area contributed by atoms with E-state index in [1.165, 1.54) is 0 Å². The first-order valence-electron chi connectivity index (χ1n) is 6.18. The largest absolute Gasteiger partial charge is 0.366 e. The van der Waals surface area contributed by atoms with Gasteiger partial charge in [-0.05, 0) is 25.5 Å². The lowest BCUT2D eigenvalue weighted by Crippen LogP contribution is -2.49. The van der Waals surface area contributed by atoms with Crippen LogP contribution in [0, 0.1) is 0 Å². The van der Waals surface area contributed by atoms with E-state index in [9.17, 15) is 13.2 Å². The molecule has 0 aromatic heterocycles. The van der Waals surface area contributed by atoms with Crippen LogP contribution in [0.1, 0.15) is 29.8 Å². The third-order valence-corrected chi connectivity index (χ3v) is 3.55. The Bertz CT molecular complexity index is 582. The van der Waals surface area contributed by atoms with Gasteiger partial charge in [-0.25, -0.2) is 13.1 Å². The molecule has 0 aliphatic rings. The van der Waals surface area contributed by atoms with Gasteiger partial charge >= 0.3 is 0 Å². The normalized spacial score (nSPS) is 12.3. The molecule has 112 valence electrons. The summed E-state index contributed by atoms with van der Waals surface area (Å²) < 4.78 is 25.0. The number of primary amides is 1. The second kappa shape index (κ2) is 6.34. The van der Waals surface area contributed by atoms with Crippen LogP contribution in [0.3, 0.4) is 0 Å². The molecule has 0 aliphatic heterocycles. The van der Waals surface area contributed by atoms with Crippen LogP contribution in [-0.4, -0.2) is 32.7 Å². The molecule has 0 fully saturated rings. The molecular formula is C13H21N3O3S. The third kappa shape index (κ3) is 5.68. The van der Waals surface area contributed by atoms with Gasteiger partial charge in [0.15, 0.2) is 0 Å². The van der Waals surface area contributed by atoms with Gasteiger partial charge in [-0.3, -0.25) is 4.79 Å². The van der Waals surface area contributed by atoms with Gasteiger partial charge in [0.2, 0.25) is 15.9 Å². The van der Waals surface area contributed by atoms with Crippen molar-refractivity contribution in [2.24, 2.45) is 5.73 Å². The lowest BCUT2D eigenvalue weighted by atomic mass is 10.1. The van der Waals surface area contributed by atoms with E-state index in [-0.39, 0.29) is 0 Å². The standard InChI is InChI=1S/C13H21N3O3S/c1-13(2,16-20(3,18)19)9-15-8-10-6-4-5-7-11(10)12(14)17/h4-7,15-16H,8-9H2,1-3H3,(H2,14,17). The summed E-state index contributed by atoms with van der Waals surface area (Å²) in [4.78, 5) is 11.3. The Balaban J connectivity index is 2.63. The number of benzene rings is 1. The summed E-state index contributed by atoms with van der Waals surface area (Å²) in [7, 11) is -3.26. The zero-order valence-electron chi connectivity index (χ0n) is 11.9. The molecule has 0 radical (unpaired) electrons. The maximum Gasteiger partial charge on any atom is 0.249 e. The Morgan fingerprint density at radius 2 is 1.90 bits per heavy atom. The van der Waals surface area contributed by atoms with Gasteiger partial charge in [0.05, 0.1) is 6.26 Å². The molecule has 0 heterocycles. The SMILES string of the molecule is CC(C)(CNCc1ccccc1C(N)=O)NS(C)(=O)=O. The molecule has 0 saturated carbocycles. The van der Waals surface area contributed by atoms with Gasteiger partial charge in [-0.2, -0.15) is 0 Å². The average molecular weight is 299 g/mol. The Labute approximate surface area is 119 Å². The minimum Gasteiger partial charge on any atom is -0.366 e. The van der Waals surface area contributed by atoms with E-state index in [4.69, 9.17) is 5.73 Å². The second-order valence-electron chi connectivity index (χ2n) is 5.38. The molecule has 0 spiro atoms. The summed E-state index contributed by atoms with van der Waals surface area (Å²) in [6, 6.07) is 7.05. The Morgan fingerprint density at radius 1 is 1.30 bits per heavy atom. The van der Waals surface area contributed by atoms with Crippen molar-refractivity contribution in [3.05, 3.63) is 35.4 Å². The molecule has 6 nitrogen and oxygen atoms in total. The molecule has 20 heavy (non-hydrogen) atoms. The van der Waals surface area contributed by atoms with Crippen molar-refractivity contribution >= 4 is 15.9 Å². The van der Waals surface area contributed by atoms with Gasteiger partial charge < -0.3 is 11.1 Å². The first kappa shape index (κ1) is 16.6. The van der Waals surface area contributed by atoms with E-state index < -0.39 is 21.5 Å². The fourth-order valence-electron chi connectivity index (χ4n) is 1.96. The van der Waals surface area contributed by atoms with Crippen molar-refractivity contribution in [2.75, 3.05) is 12.8 Å². The van der Waals surface area contributed by atoms with E-state index in [0.717, 1.165) is 11.8 Å². The van der Waals surface area contributed by atoms with Crippen LogP contribution in [0.25, 0.3) is 0 Å². The summed E-state index contributed by atoms with van der Waals surface area (Å²) in [5.41, 5.74) is 5.93. The number of carbonyl (C=O) groups excluding carboxylic acids is 1. The van der Waals surface area contributed by atoms with Crippen molar-refractivity contribution in [1.82, 2.24) is 10.0 Å². The Kier molecular flexibility index (Phi) is 5.27. The summed E-state index contributed by atoms with van der Waals surface area (Å²) in [5, 5.41) is 3.13. The molecule has 0 saturated heterocycles. The van der Waals surface area contributed by atoms with Crippen LogP contribution in [0.15, 0.2) is 24.3 Å². The molecule has 0 bridgehead atoms. The molecule has 1 amide bonds. The Morgan fingerprint density at radius 3 is 2.45 bits per heavy atom. The molecule has 1 aromatic carbocycles. The molecular weight excluding hydrogens is 278 g/mol. The summed E-state index contributed by atoms with van der Waals surface area (Å²) >= 11 is 0. The number of hydrogen-bond acceptors (Lipinski definition) is 4. The van der Waals surface area contributed by atoms with E-state index in [1.54, 1.807) is 26.0 Å². The molecule has 1 rings (SSSR count). The highest BCUT2D eigenvalue weighted by Gasteiger charge is 2.21. The zero-order chi connectivity index (χ0) is 15.4. The highest BCUT2D eigenvalue weighted by molar-refractivity contribution is 7.88. The molecule has 0 atom stereocenters. The number of sulfonamides is 1. The summed E-state index contributed by atoms with van der Waals surface area (Å²) in [6.45, 7) is 4.42. The number of rotatable bonds is 7. The van der Waals surface area contributed by atoms with Gasteiger partial charge in [0.25, 0.3) is 0 Å². The predicted molar refractivity (Wildman–Crippen MR) is 78.7 cm³/mol. The smallest absolute Gasteiger partial charge is 0.249 e. The highest BCUT2D eigenvalue weighted by Crippen LogP contribution is 2.08. The van der Waals surface area contributed by atoms with Gasteiger partial charge in [-0.1, -0.05) is 18.2 Å². The second-order valence-corrected chi connectivity index (χ2v) is 7.13. The van der Waals surface area contributed by atoms with Crippen LogP contribution in [0.4, 0.5) is 0 Å². The molecule has 0 unspecified atom stereocenters. The third-order valence-electron chi connectivity index (χ3n) is 2.63. The lowest BCUT2D eigenvalue weighted by Gasteiger charge is -2.25. The summed E-state index contributed by atoms with van der Waals surface area (Å²) in [5.74, 6) is -0.476. The fourth-order valence-corrected chi connectivity index (χ4v) is 3.04. The van der Waals surface area contributed by atoms with Crippen molar-refractivity contribution in [3.8, 4) is 0 Å². The predicted octanol–water partition coefficient (Wildman–Crippen LogP) is 0.203. The van der Waals surface area contributed by atoms with E-state index in [0.29, 0.717) is 18.7 Å². The van der Waals surface area contributed by atoms with Gasteiger partial charge in [0.1, 0.15) is 0 Å². The fraction of sp³-hybridized carbons (Fsp3) is 0.462. The highest BCUT2D eigenvalue weighted by atomic mass is 32.2. The van der Waals surface area contributed by atoms with Crippen molar-refractivity contribution in [3.63, 3.8) is 0 Å². The quantitative estimate of drug-likeness (QED) is 0.669. The van der Waals surface area contributed by atoms with Crippen LogP contribution in [0.5, 0.6) is 0 Å². The van der Waals surface area contributed by atoms with Gasteiger partial charge in [0, 0.05) is 24.2 Å². The average Bonchev–Trinajstić information content (AvgIpc) is 2.25. The van der Waals surface area contributed by atoms with Crippen LogP contribution in [-0.2, 0) is 16.6 Å². The maximum absolute atomic E-state index is 11.3. The first-order chi connectivity index (χ1) is 9.11. The lowest BCUT2D eigenvalue weighted by molar-refractivity contribution is 0.0999. The van der Waals surface area contributed by atoms with E-state index in [1.807, 2.05) is 12.1 Å². The van der Waals surface area contributed by atoms with Crippen LogP contribution < -0.4 is 15.8 Å². The number of carbonyl (C=O) groups is 1. The number of nitrogens with one attached hydrogen (secondary N) is 2. The molecule has 7 heteroatoms. The van der Waals surface area contributed by atoms with E-state index in [2.05, 4.69) is 10.0 Å². The number of nitrogens with two attached hydrogens (primary N) is 1. The number of amides is 1. The van der Waals surface area contributed by atoms with Crippen LogP contribution >= 0.6 is 0 Å². The topological polar surface area (TPSA) is 101 Å². The van der Waals surface area contributed by atoms with E-state index >= 15 is 0 Å². The summed E-state index contributed by atoms with van der Waals surface area (Å²) in [6.07, 6.45) is 1.12. The van der Waals surface area contributed by atoms with Crippen molar-refractivity contribution in [2.45, 2.75) is 25.9 Å². The minimum absolute atomic E-state index is 0.424. The Hall–Kier alpha value is -1.44.